The van der Waals surface area contributed by atoms with Gasteiger partial charge in [0.25, 0.3) is 0 Å². The lowest BCUT2D eigenvalue weighted by Crippen LogP contribution is -2.04. The van der Waals surface area contributed by atoms with E-state index in [0.717, 1.165) is 17.7 Å². The predicted molar refractivity (Wildman–Crippen MR) is 87.0 cm³/mol. The number of alkyl halides is 3. The number of nitrogen functional groups attached to an aromatic ring is 1. The summed E-state index contributed by atoms with van der Waals surface area (Å²) in [6.07, 6.45) is -1.25. The number of hydrogen-bond donors (Lipinski definition) is 1. The van der Waals surface area contributed by atoms with Crippen LogP contribution in [0.1, 0.15) is 11.1 Å². The van der Waals surface area contributed by atoms with Gasteiger partial charge in [-0.05, 0) is 35.9 Å². The van der Waals surface area contributed by atoms with E-state index in [4.69, 9.17) is 5.73 Å². The maximum atomic E-state index is 12.7. The monoisotopic (exact) mass is 340 g/mol. The summed E-state index contributed by atoms with van der Waals surface area (Å²) < 4.78 is 38.2. The van der Waals surface area contributed by atoms with Gasteiger partial charge in [0, 0.05) is 23.5 Å². The van der Waals surface area contributed by atoms with Gasteiger partial charge in [-0.25, -0.2) is 4.98 Å². The second-order valence-electron chi connectivity index (χ2n) is 5.24. The molecule has 0 bridgehead atoms. The number of nitriles is 1. The SMILES string of the molecule is N#Cc1c(-c2ccc(C(F)(F)F)cc2)cc(-c2ccncc2)nc1N. The normalized spacial score (nSPS) is 11.1. The Morgan fingerprint density at radius 2 is 1.60 bits per heavy atom. The average Bonchev–Trinajstić information content (AvgIpc) is 2.61. The van der Waals surface area contributed by atoms with Crippen molar-refractivity contribution in [3.63, 3.8) is 0 Å². The Hall–Kier alpha value is -3.40. The molecule has 2 heterocycles. The molecule has 2 aromatic heterocycles. The summed E-state index contributed by atoms with van der Waals surface area (Å²) in [6.45, 7) is 0. The first-order valence-corrected chi connectivity index (χ1v) is 7.19. The lowest BCUT2D eigenvalue weighted by Gasteiger charge is -2.11. The van der Waals surface area contributed by atoms with Crippen LogP contribution in [0.15, 0.2) is 54.9 Å². The van der Waals surface area contributed by atoms with Crippen LogP contribution in [0.4, 0.5) is 19.0 Å². The molecule has 3 aromatic rings. The fraction of sp³-hybridized carbons (Fsp3) is 0.0556. The minimum Gasteiger partial charge on any atom is -0.383 e. The van der Waals surface area contributed by atoms with Crippen LogP contribution < -0.4 is 5.73 Å². The Labute approximate surface area is 141 Å². The third kappa shape index (κ3) is 3.28. The summed E-state index contributed by atoms with van der Waals surface area (Å²) in [6, 6.07) is 11.6. The van der Waals surface area contributed by atoms with Crippen molar-refractivity contribution in [3.05, 3.63) is 66.0 Å². The number of aromatic nitrogens is 2. The largest absolute Gasteiger partial charge is 0.416 e. The third-order valence-electron chi connectivity index (χ3n) is 3.66. The van der Waals surface area contributed by atoms with E-state index in [2.05, 4.69) is 9.97 Å². The molecule has 7 heteroatoms. The van der Waals surface area contributed by atoms with Crippen molar-refractivity contribution >= 4 is 5.82 Å². The number of halogens is 3. The van der Waals surface area contributed by atoms with Crippen molar-refractivity contribution in [1.29, 1.82) is 5.26 Å². The maximum absolute atomic E-state index is 12.7. The van der Waals surface area contributed by atoms with Crippen molar-refractivity contribution in [2.75, 3.05) is 5.73 Å². The van der Waals surface area contributed by atoms with E-state index in [1.165, 1.54) is 12.1 Å². The molecule has 0 saturated heterocycles. The molecular formula is C18H11F3N4. The molecule has 4 nitrogen and oxygen atoms in total. The molecule has 0 aliphatic carbocycles. The summed E-state index contributed by atoms with van der Waals surface area (Å²) in [4.78, 5) is 8.13. The Kier molecular flexibility index (Phi) is 4.11. The fourth-order valence-electron chi connectivity index (χ4n) is 2.42. The van der Waals surface area contributed by atoms with Gasteiger partial charge in [-0.1, -0.05) is 12.1 Å². The van der Waals surface area contributed by atoms with Crippen molar-refractivity contribution in [1.82, 2.24) is 9.97 Å². The molecule has 0 fully saturated rings. The molecule has 1 aromatic carbocycles. The number of benzene rings is 1. The van der Waals surface area contributed by atoms with Gasteiger partial charge in [-0.2, -0.15) is 18.4 Å². The van der Waals surface area contributed by atoms with Crippen molar-refractivity contribution < 1.29 is 13.2 Å². The molecule has 124 valence electrons. The highest BCUT2D eigenvalue weighted by atomic mass is 19.4. The topological polar surface area (TPSA) is 75.6 Å². The molecule has 3 rings (SSSR count). The molecule has 0 unspecified atom stereocenters. The fourth-order valence-corrected chi connectivity index (χ4v) is 2.42. The zero-order valence-corrected chi connectivity index (χ0v) is 12.7. The summed E-state index contributed by atoms with van der Waals surface area (Å²) in [5.74, 6) is 0.0201. The van der Waals surface area contributed by atoms with Crippen LogP contribution in [-0.2, 0) is 6.18 Å². The van der Waals surface area contributed by atoms with E-state index in [9.17, 15) is 18.4 Å². The van der Waals surface area contributed by atoms with Gasteiger partial charge in [0.15, 0.2) is 0 Å². The van der Waals surface area contributed by atoms with E-state index in [0.29, 0.717) is 16.8 Å². The van der Waals surface area contributed by atoms with Gasteiger partial charge in [0.05, 0.1) is 11.3 Å². The zero-order chi connectivity index (χ0) is 18.0. The summed E-state index contributed by atoms with van der Waals surface area (Å²) in [7, 11) is 0. The zero-order valence-electron chi connectivity index (χ0n) is 12.7. The van der Waals surface area contributed by atoms with Gasteiger partial charge in [0.2, 0.25) is 0 Å². The van der Waals surface area contributed by atoms with Gasteiger partial charge in [-0.15, -0.1) is 0 Å². The van der Waals surface area contributed by atoms with E-state index >= 15 is 0 Å². The second kappa shape index (κ2) is 6.24. The molecule has 0 atom stereocenters. The minimum atomic E-state index is -4.42. The van der Waals surface area contributed by atoms with Gasteiger partial charge in [-0.3, -0.25) is 4.98 Å². The summed E-state index contributed by atoms with van der Waals surface area (Å²) in [5.41, 5.74) is 7.36. The number of nitrogens with two attached hydrogens (primary N) is 1. The molecule has 0 saturated carbocycles. The number of nitrogens with zero attached hydrogens (tertiary/aromatic N) is 3. The summed E-state index contributed by atoms with van der Waals surface area (Å²) in [5, 5.41) is 9.35. The van der Waals surface area contributed by atoms with Crippen molar-refractivity contribution in [3.8, 4) is 28.5 Å². The Bertz CT molecular complexity index is 943. The first kappa shape index (κ1) is 16.5. The van der Waals surface area contributed by atoms with Crippen LogP contribution in [0, 0.1) is 11.3 Å². The van der Waals surface area contributed by atoms with Crippen molar-refractivity contribution in [2.24, 2.45) is 0 Å². The van der Waals surface area contributed by atoms with Crippen LogP contribution in [0.5, 0.6) is 0 Å². The standard InChI is InChI=1S/C18H11F3N4/c19-18(20,21)13-3-1-11(2-4-13)14-9-16(12-5-7-24-8-6-12)25-17(23)15(14)10-22/h1-9H,(H2,23,25). The van der Waals surface area contributed by atoms with E-state index < -0.39 is 11.7 Å². The number of pyridine rings is 2. The highest BCUT2D eigenvalue weighted by Crippen LogP contribution is 2.34. The first-order valence-electron chi connectivity index (χ1n) is 7.19. The van der Waals surface area contributed by atoms with E-state index in [-0.39, 0.29) is 11.4 Å². The number of hydrogen-bond acceptors (Lipinski definition) is 4. The van der Waals surface area contributed by atoms with Crippen LogP contribution in [0.25, 0.3) is 22.4 Å². The molecule has 0 spiro atoms. The van der Waals surface area contributed by atoms with Crippen LogP contribution >= 0.6 is 0 Å². The first-order chi connectivity index (χ1) is 11.9. The Morgan fingerprint density at radius 1 is 0.960 bits per heavy atom. The third-order valence-corrected chi connectivity index (χ3v) is 3.66. The van der Waals surface area contributed by atoms with Gasteiger partial charge in [0.1, 0.15) is 17.5 Å². The number of anilines is 1. The summed E-state index contributed by atoms with van der Waals surface area (Å²) >= 11 is 0. The Morgan fingerprint density at radius 3 is 2.16 bits per heavy atom. The maximum Gasteiger partial charge on any atom is 0.416 e. The lowest BCUT2D eigenvalue weighted by atomic mass is 9.98. The molecule has 25 heavy (non-hydrogen) atoms. The molecule has 0 aliphatic heterocycles. The highest BCUT2D eigenvalue weighted by Gasteiger charge is 2.30. The molecule has 0 radical (unpaired) electrons. The minimum absolute atomic E-state index is 0.0201. The predicted octanol–water partition coefficient (Wildman–Crippen LogP) is 4.28. The molecular weight excluding hydrogens is 329 g/mol. The van der Waals surface area contributed by atoms with Crippen molar-refractivity contribution in [2.45, 2.75) is 6.18 Å². The van der Waals surface area contributed by atoms with E-state index in [1.54, 1.807) is 30.6 Å². The smallest absolute Gasteiger partial charge is 0.383 e. The van der Waals surface area contributed by atoms with Gasteiger partial charge < -0.3 is 5.73 Å². The lowest BCUT2D eigenvalue weighted by molar-refractivity contribution is -0.137. The molecule has 2 N–H and O–H groups in total. The van der Waals surface area contributed by atoms with E-state index in [1.807, 2.05) is 6.07 Å². The quantitative estimate of drug-likeness (QED) is 0.755. The molecule has 0 aliphatic rings. The van der Waals surface area contributed by atoms with Crippen LogP contribution in [0.2, 0.25) is 0 Å². The second-order valence-corrected chi connectivity index (χ2v) is 5.24. The van der Waals surface area contributed by atoms with Crippen LogP contribution in [-0.4, -0.2) is 9.97 Å². The highest BCUT2D eigenvalue weighted by molar-refractivity contribution is 5.80. The average molecular weight is 340 g/mol. The number of rotatable bonds is 2. The molecule has 0 amide bonds. The Balaban J connectivity index is 2.15. The van der Waals surface area contributed by atoms with Gasteiger partial charge >= 0.3 is 6.18 Å². The van der Waals surface area contributed by atoms with Crippen LogP contribution in [0.3, 0.4) is 0 Å².